The van der Waals surface area contributed by atoms with Gasteiger partial charge in [0.1, 0.15) is 17.0 Å². The van der Waals surface area contributed by atoms with Crippen LogP contribution in [0.4, 0.5) is 9.18 Å². The molecule has 0 aliphatic carbocycles. The summed E-state index contributed by atoms with van der Waals surface area (Å²) in [5.41, 5.74) is -0.456. The molecule has 1 amide bonds. The molecule has 146 valence electrons. The number of carbonyl (C=O) groups excluding carboxylic acids is 2. The van der Waals surface area contributed by atoms with E-state index in [0.29, 0.717) is 31.4 Å². The van der Waals surface area contributed by atoms with Gasteiger partial charge < -0.3 is 14.8 Å². The van der Waals surface area contributed by atoms with E-state index in [2.05, 4.69) is 5.32 Å². The zero-order chi connectivity index (χ0) is 19.7. The third-order valence-electron chi connectivity index (χ3n) is 3.40. The Labute approximate surface area is 159 Å². The number of esters is 1. The lowest BCUT2D eigenvalue weighted by Crippen LogP contribution is -2.33. The van der Waals surface area contributed by atoms with Crippen molar-refractivity contribution < 1.29 is 23.5 Å². The SMILES string of the molecule is CCCCOC(=O)c1c(Cl)ccc(CCCNC(=O)OC(C)(C)C)c1F. The first-order valence-corrected chi connectivity index (χ1v) is 9.14. The summed E-state index contributed by atoms with van der Waals surface area (Å²) in [6.45, 7) is 7.85. The molecule has 0 atom stereocenters. The lowest BCUT2D eigenvalue weighted by molar-refractivity contribution is 0.0492. The van der Waals surface area contributed by atoms with Crippen molar-refractivity contribution in [3.63, 3.8) is 0 Å². The molecule has 0 fully saturated rings. The molecular formula is C19H27ClFNO4. The molecule has 0 aromatic heterocycles. The highest BCUT2D eigenvalue weighted by molar-refractivity contribution is 6.33. The standard InChI is InChI=1S/C19H27ClFNO4/c1-5-6-12-25-17(23)15-14(20)10-9-13(16(15)21)8-7-11-22-18(24)26-19(2,3)4/h9-10H,5-8,11-12H2,1-4H3,(H,22,24). The third kappa shape index (κ3) is 7.60. The minimum absolute atomic E-state index is 0.0274. The third-order valence-corrected chi connectivity index (χ3v) is 3.71. The molecule has 7 heteroatoms. The van der Waals surface area contributed by atoms with Gasteiger partial charge in [-0.05, 0) is 51.7 Å². The molecule has 0 aliphatic rings. The topological polar surface area (TPSA) is 64.6 Å². The fraction of sp³-hybridized carbons (Fsp3) is 0.579. The zero-order valence-corrected chi connectivity index (χ0v) is 16.5. The van der Waals surface area contributed by atoms with Crippen LogP contribution in [-0.2, 0) is 15.9 Å². The summed E-state index contributed by atoms with van der Waals surface area (Å²) in [5.74, 6) is -1.43. The Morgan fingerprint density at radius 1 is 1.23 bits per heavy atom. The average molecular weight is 388 g/mol. The smallest absolute Gasteiger partial charge is 0.407 e. The van der Waals surface area contributed by atoms with Gasteiger partial charge in [0.15, 0.2) is 0 Å². The predicted molar refractivity (Wildman–Crippen MR) is 99.2 cm³/mol. The number of halogens is 2. The highest BCUT2D eigenvalue weighted by atomic mass is 35.5. The summed E-state index contributed by atoms with van der Waals surface area (Å²) in [4.78, 5) is 23.6. The number of aryl methyl sites for hydroxylation is 1. The van der Waals surface area contributed by atoms with Crippen LogP contribution in [0, 0.1) is 5.82 Å². The van der Waals surface area contributed by atoms with E-state index in [-0.39, 0.29) is 17.2 Å². The second-order valence-corrected chi connectivity index (χ2v) is 7.32. The van der Waals surface area contributed by atoms with Crippen LogP contribution in [-0.4, -0.2) is 30.8 Å². The van der Waals surface area contributed by atoms with Crippen LogP contribution < -0.4 is 5.32 Å². The summed E-state index contributed by atoms with van der Waals surface area (Å²) in [7, 11) is 0. The van der Waals surface area contributed by atoms with Gasteiger partial charge in [-0.1, -0.05) is 31.0 Å². The maximum Gasteiger partial charge on any atom is 0.407 e. The van der Waals surface area contributed by atoms with E-state index in [4.69, 9.17) is 21.1 Å². The molecule has 0 heterocycles. The Bertz CT molecular complexity index is 629. The van der Waals surface area contributed by atoms with Gasteiger partial charge in [0.2, 0.25) is 0 Å². The summed E-state index contributed by atoms with van der Waals surface area (Å²) in [5, 5.41) is 2.64. The molecule has 0 saturated carbocycles. The molecule has 0 aliphatic heterocycles. The summed E-state index contributed by atoms with van der Waals surface area (Å²) in [6, 6.07) is 3.02. The van der Waals surface area contributed by atoms with E-state index >= 15 is 0 Å². The van der Waals surface area contributed by atoms with Crippen molar-refractivity contribution in [2.75, 3.05) is 13.2 Å². The van der Waals surface area contributed by atoms with Crippen molar-refractivity contribution in [2.45, 2.75) is 59.0 Å². The van der Waals surface area contributed by atoms with E-state index in [1.165, 1.54) is 12.1 Å². The Kier molecular flexibility index (Phi) is 8.85. The minimum Gasteiger partial charge on any atom is -0.462 e. The van der Waals surface area contributed by atoms with Gasteiger partial charge in [-0.25, -0.2) is 14.0 Å². The Balaban J connectivity index is 2.61. The molecule has 0 spiro atoms. The number of unbranched alkanes of at least 4 members (excludes halogenated alkanes) is 1. The summed E-state index contributed by atoms with van der Waals surface area (Å²) < 4.78 is 24.8. The van der Waals surface area contributed by atoms with Gasteiger partial charge in [-0.15, -0.1) is 0 Å². The van der Waals surface area contributed by atoms with Gasteiger partial charge in [-0.3, -0.25) is 0 Å². The van der Waals surface area contributed by atoms with Gasteiger partial charge >= 0.3 is 12.1 Å². The molecule has 5 nitrogen and oxygen atoms in total. The molecule has 0 unspecified atom stereocenters. The number of nitrogens with one attached hydrogen (secondary N) is 1. The van der Waals surface area contributed by atoms with Crippen LogP contribution in [0.15, 0.2) is 12.1 Å². The number of carbonyl (C=O) groups is 2. The normalized spacial score (nSPS) is 11.2. The second kappa shape index (κ2) is 10.4. The lowest BCUT2D eigenvalue weighted by atomic mass is 10.0. The van der Waals surface area contributed by atoms with Crippen LogP contribution in [0.3, 0.4) is 0 Å². The molecule has 0 radical (unpaired) electrons. The largest absolute Gasteiger partial charge is 0.462 e. The Morgan fingerprint density at radius 2 is 1.92 bits per heavy atom. The molecule has 0 bridgehead atoms. The number of rotatable bonds is 8. The van der Waals surface area contributed by atoms with E-state index in [1.54, 1.807) is 20.8 Å². The molecule has 1 rings (SSSR count). The monoisotopic (exact) mass is 387 g/mol. The molecule has 1 N–H and O–H groups in total. The van der Waals surface area contributed by atoms with E-state index in [9.17, 15) is 14.0 Å². The van der Waals surface area contributed by atoms with E-state index in [0.717, 1.165) is 6.42 Å². The van der Waals surface area contributed by atoms with Crippen LogP contribution in [0.2, 0.25) is 5.02 Å². The van der Waals surface area contributed by atoms with E-state index in [1.807, 2.05) is 6.92 Å². The average Bonchev–Trinajstić information content (AvgIpc) is 2.52. The van der Waals surface area contributed by atoms with Crippen molar-refractivity contribution >= 4 is 23.7 Å². The van der Waals surface area contributed by atoms with Crippen molar-refractivity contribution in [1.82, 2.24) is 5.32 Å². The van der Waals surface area contributed by atoms with Gasteiger partial charge in [0, 0.05) is 6.54 Å². The maximum atomic E-state index is 14.6. The number of benzene rings is 1. The number of amides is 1. The summed E-state index contributed by atoms with van der Waals surface area (Å²) >= 11 is 5.96. The van der Waals surface area contributed by atoms with Crippen LogP contribution in [0.5, 0.6) is 0 Å². The zero-order valence-electron chi connectivity index (χ0n) is 15.8. The highest BCUT2D eigenvalue weighted by Crippen LogP contribution is 2.24. The van der Waals surface area contributed by atoms with Crippen molar-refractivity contribution in [2.24, 2.45) is 0 Å². The van der Waals surface area contributed by atoms with Gasteiger partial charge in [-0.2, -0.15) is 0 Å². The number of hydrogen-bond donors (Lipinski definition) is 1. The second-order valence-electron chi connectivity index (χ2n) is 6.92. The Hall–Kier alpha value is -1.82. The van der Waals surface area contributed by atoms with Crippen molar-refractivity contribution in [3.05, 3.63) is 34.1 Å². The molecular weight excluding hydrogens is 361 g/mol. The first-order valence-electron chi connectivity index (χ1n) is 8.76. The van der Waals surface area contributed by atoms with Crippen molar-refractivity contribution in [3.8, 4) is 0 Å². The van der Waals surface area contributed by atoms with Crippen LogP contribution >= 0.6 is 11.6 Å². The molecule has 1 aromatic carbocycles. The quantitative estimate of drug-likeness (QED) is 0.509. The molecule has 26 heavy (non-hydrogen) atoms. The maximum absolute atomic E-state index is 14.6. The summed E-state index contributed by atoms with van der Waals surface area (Å²) in [6.07, 6.45) is 1.89. The van der Waals surface area contributed by atoms with E-state index < -0.39 is 23.5 Å². The van der Waals surface area contributed by atoms with Crippen LogP contribution in [0.1, 0.15) is 62.9 Å². The van der Waals surface area contributed by atoms with Crippen molar-refractivity contribution in [1.29, 1.82) is 0 Å². The first kappa shape index (κ1) is 22.2. The van der Waals surface area contributed by atoms with Gasteiger partial charge in [0.05, 0.1) is 11.6 Å². The fourth-order valence-electron chi connectivity index (χ4n) is 2.14. The fourth-order valence-corrected chi connectivity index (χ4v) is 2.36. The number of hydrogen-bond acceptors (Lipinski definition) is 4. The predicted octanol–water partition coefficient (Wildman–Crippen LogP) is 4.89. The number of alkyl carbamates (subject to hydrolysis) is 1. The van der Waals surface area contributed by atoms with Crippen LogP contribution in [0.25, 0.3) is 0 Å². The first-order chi connectivity index (χ1) is 12.2. The Morgan fingerprint density at radius 3 is 2.54 bits per heavy atom. The lowest BCUT2D eigenvalue weighted by Gasteiger charge is -2.19. The minimum atomic E-state index is -0.755. The molecule has 1 aromatic rings. The van der Waals surface area contributed by atoms with Gasteiger partial charge in [0.25, 0.3) is 0 Å². The highest BCUT2D eigenvalue weighted by Gasteiger charge is 2.20. The molecule has 0 saturated heterocycles. The number of ether oxygens (including phenoxy) is 2.